The van der Waals surface area contributed by atoms with Crippen LogP contribution in [0.15, 0.2) is 24.3 Å². The molecule has 0 aromatic heterocycles. The van der Waals surface area contributed by atoms with Crippen LogP contribution in [0.5, 0.6) is 5.75 Å². The summed E-state index contributed by atoms with van der Waals surface area (Å²) in [6.07, 6.45) is 2.01. The highest BCUT2D eigenvalue weighted by Crippen LogP contribution is 2.23. The van der Waals surface area contributed by atoms with Gasteiger partial charge in [0.15, 0.2) is 0 Å². The Balaban J connectivity index is 1.98. The minimum absolute atomic E-state index is 0.0128. The number of ether oxygens (including phenoxy) is 1. The molecular formula is C19H27N3O5. The largest absolute Gasteiger partial charge is 0.495 e. The van der Waals surface area contributed by atoms with E-state index < -0.39 is 12.0 Å². The summed E-state index contributed by atoms with van der Waals surface area (Å²) in [7, 11) is 1.52. The number of para-hydroxylation sites is 2. The van der Waals surface area contributed by atoms with Gasteiger partial charge in [0, 0.05) is 6.54 Å². The zero-order valence-electron chi connectivity index (χ0n) is 15.8. The lowest BCUT2D eigenvalue weighted by molar-refractivity contribution is -0.144. The Hall–Kier alpha value is -2.61. The third-order valence-corrected chi connectivity index (χ3v) is 4.55. The molecule has 0 spiro atoms. The van der Waals surface area contributed by atoms with Gasteiger partial charge in [0.2, 0.25) is 11.8 Å². The lowest BCUT2D eigenvalue weighted by Crippen LogP contribution is -2.46. The molecule has 8 nitrogen and oxygen atoms in total. The summed E-state index contributed by atoms with van der Waals surface area (Å²) in [4.78, 5) is 39.5. The van der Waals surface area contributed by atoms with Gasteiger partial charge in [0.25, 0.3) is 0 Å². The molecule has 0 bridgehead atoms. The van der Waals surface area contributed by atoms with Gasteiger partial charge in [-0.2, -0.15) is 0 Å². The number of rotatable bonds is 9. The van der Waals surface area contributed by atoms with Crippen LogP contribution in [0.3, 0.4) is 0 Å². The summed E-state index contributed by atoms with van der Waals surface area (Å²) < 4.78 is 5.21. The average Bonchev–Trinajstić information content (AvgIpc) is 3.10. The third-order valence-electron chi connectivity index (χ3n) is 4.55. The number of aliphatic carboxylic acids is 1. The van der Waals surface area contributed by atoms with E-state index in [0.717, 1.165) is 6.42 Å². The summed E-state index contributed by atoms with van der Waals surface area (Å²) >= 11 is 0. The van der Waals surface area contributed by atoms with Gasteiger partial charge in [-0.3, -0.25) is 19.3 Å². The number of likely N-dealkylation sites (tertiary alicyclic amines) is 1. The molecule has 2 N–H and O–H groups in total. The fraction of sp³-hybridized carbons (Fsp3) is 0.526. The average molecular weight is 377 g/mol. The van der Waals surface area contributed by atoms with E-state index in [9.17, 15) is 19.5 Å². The van der Waals surface area contributed by atoms with Crippen molar-refractivity contribution in [3.63, 3.8) is 0 Å². The molecule has 148 valence electrons. The van der Waals surface area contributed by atoms with Gasteiger partial charge in [-0.1, -0.05) is 19.1 Å². The molecule has 2 amide bonds. The maximum absolute atomic E-state index is 12.7. The smallest absolute Gasteiger partial charge is 0.320 e. The van der Waals surface area contributed by atoms with Crippen LogP contribution < -0.4 is 10.1 Å². The topological polar surface area (TPSA) is 99.2 Å². The first kappa shape index (κ1) is 20.7. The van der Waals surface area contributed by atoms with E-state index in [-0.39, 0.29) is 24.9 Å². The van der Waals surface area contributed by atoms with Gasteiger partial charge in [0.1, 0.15) is 11.8 Å². The van der Waals surface area contributed by atoms with Crippen LogP contribution in [0.2, 0.25) is 0 Å². The Morgan fingerprint density at radius 2 is 2.07 bits per heavy atom. The fourth-order valence-electron chi connectivity index (χ4n) is 3.24. The minimum Gasteiger partial charge on any atom is -0.495 e. The fourth-order valence-corrected chi connectivity index (χ4v) is 3.24. The maximum atomic E-state index is 12.7. The molecule has 1 saturated heterocycles. The standard InChI is InChI=1S/C19H27N3O5/c1-3-10-22(18(24)13-21-11-6-8-15(21)19(25)26)12-17(23)20-14-7-4-5-9-16(14)27-2/h4-5,7,9,15H,3,6,8,10-13H2,1-2H3,(H,20,23)(H,25,26)/t15-/m1/s1. The second kappa shape index (κ2) is 9.91. The highest BCUT2D eigenvalue weighted by atomic mass is 16.5. The molecule has 1 aliphatic heterocycles. The number of methoxy groups -OCH3 is 1. The van der Waals surface area contributed by atoms with Gasteiger partial charge < -0.3 is 20.1 Å². The van der Waals surface area contributed by atoms with E-state index in [1.165, 1.54) is 12.0 Å². The number of carboxylic acids is 1. The van der Waals surface area contributed by atoms with Crippen molar-refractivity contribution in [1.29, 1.82) is 0 Å². The van der Waals surface area contributed by atoms with Crippen molar-refractivity contribution >= 4 is 23.5 Å². The molecular weight excluding hydrogens is 350 g/mol. The van der Waals surface area contributed by atoms with Crippen molar-refractivity contribution in [1.82, 2.24) is 9.80 Å². The number of amides is 2. The van der Waals surface area contributed by atoms with Crippen LogP contribution >= 0.6 is 0 Å². The highest BCUT2D eigenvalue weighted by Gasteiger charge is 2.32. The van der Waals surface area contributed by atoms with E-state index in [1.54, 1.807) is 29.2 Å². The predicted molar refractivity (Wildman–Crippen MR) is 101 cm³/mol. The van der Waals surface area contributed by atoms with Crippen molar-refractivity contribution in [2.75, 3.05) is 38.6 Å². The van der Waals surface area contributed by atoms with Crippen molar-refractivity contribution in [2.45, 2.75) is 32.2 Å². The van der Waals surface area contributed by atoms with Crippen LogP contribution in [-0.4, -0.2) is 72.0 Å². The quantitative estimate of drug-likeness (QED) is 0.675. The normalized spacial score (nSPS) is 16.7. The van der Waals surface area contributed by atoms with Gasteiger partial charge in [-0.15, -0.1) is 0 Å². The van der Waals surface area contributed by atoms with Gasteiger partial charge in [0.05, 0.1) is 25.9 Å². The first-order valence-corrected chi connectivity index (χ1v) is 9.13. The van der Waals surface area contributed by atoms with Gasteiger partial charge in [-0.25, -0.2) is 0 Å². The summed E-state index contributed by atoms with van der Waals surface area (Å²) in [5, 5.41) is 12.0. The summed E-state index contributed by atoms with van der Waals surface area (Å²) in [6, 6.07) is 6.43. The van der Waals surface area contributed by atoms with E-state index in [4.69, 9.17) is 4.74 Å². The molecule has 0 radical (unpaired) electrons. The Labute approximate surface area is 159 Å². The molecule has 0 unspecified atom stereocenters. The number of nitrogens with zero attached hydrogens (tertiary/aromatic N) is 2. The van der Waals surface area contributed by atoms with E-state index in [2.05, 4.69) is 5.32 Å². The second-order valence-corrected chi connectivity index (χ2v) is 6.53. The maximum Gasteiger partial charge on any atom is 0.320 e. The van der Waals surface area contributed by atoms with Crippen molar-refractivity contribution in [3.8, 4) is 5.75 Å². The first-order chi connectivity index (χ1) is 13.0. The summed E-state index contributed by atoms with van der Waals surface area (Å²) in [5.74, 6) is -0.922. The number of carbonyl (C=O) groups excluding carboxylic acids is 2. The van der Waals surface area contributed by atoms with Gasteiger partial charge in [-0.05, 0) is 37.9 Å². The molecule has 0 saturated carbocycles. The monoisotopic (exact) mass is 377 g/mol. The molecule has 1 aliphatic rings. The molecule has 1 aromatic rings. The number of anilines is 1. The zero-order valence-corrected chi connectivity index (χ0v) is 15.8. The molecule has 27 heavy (non-hydrogen) atoms. The van der Waals surface area contributed by atoms with Crippen LogP contribution in [-0.2, 0) is 14.4 Å². The van der Waals surface area contributed by atoms with Crippen molar-refractivity contribution < 1.29 is 24.2 Å². The Morgan fingerprint density at radius 1 is 1.33 bits per heavy atom. The molecule has 2 rings (SSSR count). The van der Waals surface area contributed by atoms with Crippen LogP contribution in [0.4, 0.5) is 5.69 Å². The Morgan fingerprint density at radius 3 is 2.74 bits per heavy atom. The summed E-state index contributed by atoms with van der Waals surface area (Å²) in [6.45, 7) is 2.86. The number of carboxylic acid groups (broad SMARTS) is 1. The summed E-state index contributed by atoms with van der Waals surface area (Å²) in [5.41, 5.74) is 0.541. The molecule has 1 heterocycles. The minimum atomic E-state index is -0.906. The van der Waals surface area contributed by atoms with Crippen LogP contribution in [0, 0.1) is 0 Å². The van der Waals surface area contributed by atoms with E-state index >= 15 is 0 Å². The number of hydrogen-bond donors (Lipinski definition) is 2. The van der Waals surface area contributed by atoms with E-state index in [0.29, 0.717) is 37.4 Å². The third kappa shape index (κ3) is 5.68. The molecule has 1 fully saturated rings. The molecule has 1 atom stereocenters. The SMILES string of the molecule is CCCN(CC(=O)Nc1ccccc1OC)C(=O)CN1CCC[C@@H]1C(=O)O. The second-order valence-electron chi connectivity index (χ2n) is 6.53. The number of benzene rings is 1. The molecule has 8 heteroatoms. The Bertz CT molecular complexity index is 679. The number of carbonyl (C=O) groups is 3. The number of nitrogens with one attached hydrogen (secondary N) is 1. The van der Waals surface area contributed by atoms with Crippen molar-refractivity contribution in [3.05, 3.63) is 24.3 Å². The van der Waals surface area contributed by atoms with E-state index in [1.807, 2.05) is 6.92 Å². The van der Waals surface area contributed by atoms with Crippen LogP contribution in [0.25, 0.3) is 0 Å². The first-order valence-electron chi connectivity index (χ1n) is 9.13. The molecule has 1 aromatic carbocycles. The number of hydrogen-bond acceptors (Lipinski definition) is 5. The predicted octanol–water partition coefficient (Wildman–Crippen LogP) is 1.42. The highest BCUT2D eigenvalue weighted by molar-refractivity contribution is 5.96. The van der Waals surface area contributed by atoms with Crippen LogP contribution in [0.1, 0.15) is 26.2 Å². The molecule has 0 aliphatic carbocycles. The lowest BCUT2D eigenvalue weighted by atomic mass is 10.2. The van der Waals surface area contributed by atoms with Gasteiger partial charge >= 0.3 is 5.97 Å². The Kier molecular flexibility index (Phi) is 7.60. The van der Waals surface area contributed by atoms with Crippen molar-refractivity contribution in [2.24, 2.45) is 0 Å². The lowest BCUT2D eigenvalue weighted by Gasteiger charge is -2.26. The zero-order chi connectivity index (χ0) is 19.8.